The quantitative estimate of drug-likeness (QED) is 0.279. The van der Waals surface area contributed by atoms with Crippen LogP contribution in [0.2, 0.25) is 0 Å². The van der Waals surface area contributed by atoms with Gasteiger partial charge in [-0.15, -0.1) is 11.3 Å². The third-order valence-corrected chi connectivity index (χ3v) is 5.61. The number of aromatic hydroxyl groups is 1. The maximum Gasteiger partial charge on any atom is 0.341 e. The first-order valence-corrected chi connectivity index (χ1v) is 10.1. The van der Waals surface area contributed by atoms with Crippen molar-refractivity contribution in [1.29, 1.82) is 0 Å². The molecule has 0 saturated carbocycles. The van der Waals surface area contributed by atoms with Crippen molar-refractivity contribution in [2.24, 2.45) is 5.10 Å². The number of methoxy groups -OCH3 is 1. The summed E-state index contributed by atoms with van der Waals surface area (Å²) < 4.78 is 10.1. The zero-order chi connectivity index (χ0) is 21.7. The number of fused-ring (bicyclic) bond motifs is 1. The largest absolute Gasteiger partial charge is 0.504 e. The number of hydrazone groups is 1. The third-order valence-electron chi connectivity index (χ3n) is 4.41. The number of phenolic OH excluding ortho intramolecular Hbond substituents is 1. The topological polar surface area (TPSA) is 126 Å². The van der Waals surface area contributed by atoms with Crippen LogP contribution in [0.4, 0.5) is 5.00 Å². The summed E-state index contributed by atoms with van der Waals surface area (Å²) in [6.07, 6.45) is 3.81. The zero-order valence-electron chi connectivity index (χ0n) is 16.5. The van der Waals surface area contributed by atoms with E-state index in [0.29, 0.717) is 22.7 Å². The molecule has 0 atom stereocenters. The minimum absolute atomic E-state index is 0.0123. The third kappa shape index (κ3) is 4.60. The van der Waals surface area contributed by atoms with Crippen molar-refractivity contribution in [3.05, 3.63) is 39.8 Å². The van der Waals surface area contributed by atoms with E-state index in [1.165, 1.54) is 30.7 Å². The molecule has 9 nitrogen and oxygen atoms in total. The highest BCUT2D eigenvalue weighted by Gasteiger charge is 2.29. The summed E-state index contributed by atoms with van der Waals surface area (Å²) in [4.78, 5) is 37.4. The van der Waals surface area contributed by atoms with Crippen LogP contribution in [-0.2, 0) is 27.2 Å². The molecule has 1 aliphatic rings. The number of benzene rings is 1. The van der Waals surface area contributed by atoms with Gasteiger partial charge in [-0.2, -0.15) is 5.10 Å². The van der Waals surface area contributed by atoms with Gasteiger partial charge in [0.25, 0.3) is 0 Å². The Bertz CT molecular complexity index is 1010. The van der Waals surface area contributed by atoms with E-state index >= 15 is 0 Å². The van der Waals surface area contributed by atoms with Crippen LogP contribution in [-0.4, -0.2) is 42.8 Å². The lowest BCUT2D eigenvalue weighted by Gasteiger charge is -2.06. The van der Waals surface area contributed by atoms with Gasteiger partial charge in [0, 0.05) is 4.88 Å². The fraction of sp³-hybridized carbons (Fsp3) is 0.300. The number of rotatable bonds is 6. The number of carbonyl (C=O) groups is 3. The van der Waals surface area contributed by atoms with E-state index in [1.54, 1.807) is 19.1 Å². The number of hydrogen-bond donors (Lipinski definition) is 3. The van der Waals surface area contributed by atoms with Crippen molar-refractivity contribution in [2.75, 3.05) is 19.0 Å². The van der Waals surface area contributed by atoms with Crippen LogP contribution in [0.3, 0.4) is 0 Å². The van der Waals surface area contributed by atoms with Gasteiger partial charge in [0.05, 0.1) is 25.5 Å². The molecule has 0 unspecified atom stereocenters. The number of amides is 2. The number of nitrogens with one attached hydrogen (secondary N) is 2. The highest BCUT2D eigenvalue weighted by Crippen LogP contribution is 2.39. The van der Waals surface area contributed by atoms with Crippen molar-refractivity contribution >= 4 is 40.3 Å². The van der Waals surface area contributed by atoms with Crippen LogP contribution < -0.4 is 15.5 Å². The Hall–Kier alpha value is -3.40. The smallest absolute Gasteiger partial charge is 0.341 e. The van der Waals surface area contributed by atoms with E-state index in [0.717, 1.165) is 29.7 Å². The van der Waals surface area contributed by atoms with Gasteiger partial charge in [0.1, 0.15) is 5.00 Å². The fourth-order valence-corrected chi connectivity index (χ4v) is 4.34. The number of thiophene rings is 1. The summed E-state index contributed by atoms with van der Waals surface area (Å²) in [5.74, 6) is -2.20. The molecule has 1 heterocycles. The monoisotopic (exact) mass is 431 g/mol. The SMILES string of the molecule is CCOc1cc(/C=N/NC(=O)C(=O)Nc2sc3c(c2C(=O)OC)CCC3)ccc1O. The van der Waals surface area contributed by atoms with Crippen LogP contribution in [0, 0.1) is 0 Å². The highest BCUT2D eigenvalue weighted by molar-refractivity contribution is 7.17. The van der Waals surface area contributed by atoms with E-state index in [9.17, 15) is 19.5 Å². The maximum atomic E-state index is 12.2. The summed E-state index contributed by atoms with van der Waals surface area (Å²) in [5.41, 5.74) is 3.87. The predicted molar refractivity (Wildman–Crippen MR) is 111 cm³/mol. The summed E-state index contributed by atoms with van der Waals surface area (Å²) in [5, 5.41) is 16.2. The second-order valence-electron chi connectivity index (χ2n) is 6.37. The minimum atomic E-state index is -0.987. The molecular weight excluding hydrogens is 410 g/mol. The molecule has 158 valence electrons. The van der Waals surface area contributed by atoms with Crippen LogP contribution >= 0.6 is 11.3 Å². The van der Waals surface area contributed by atoms with Gasteiger partial charge in [-0.3, -0.25) is 9.59 Å². The van der Waals surface area contributed by atoms with Gasteiger partial charge < -0.3 is 19.9 Å². The molecule has 0 fully saturated rings. The Morgan fingerprint density at radius 3 is 2.80 bits per heavy atom. The molecule has 3 rings (SSSR count). The number of nitrogens with zero attached hydrogens (tertiary/aromatic N) is 1. The molecule has 0 radical (unpaired) electrons. The van der Waals surface area contributed by atoms with Crippen LogP contribution in [0.1, 0.15) is 39.7 Å². The van der Waals surface area contributed by atoms with Gasteiger partial charge in [0.2, 0.25) is 0 Å². The van der Waals surface area contributed by atoms with Crippen LogP contribution in [0.25, 0.3) is 0 Å². The molecule has 3 N–H and O–H groups in total. The first-order valence-electron chi connectivity index (χ1n) is 9.27. The normalized spacial score (nSPS) is 12.5. The lowest BCUT2D eigenvalue weighted by molar-refractivity contribution is -0.136. The number of aryl methyl sites for hydroxylation is 1. The lowest BCUT2D eigenvalue weighted by atomic mass is 10.1. The van der Waals surface area contributed by atoms with Crippen LogP contribution in [0.5, 0.6) is 11.5 Å². The second-order valence-corrected chi connectivity index (χ2v) is 7.47. The lowest BCUT2D eigenvalue weighted by Crippen LogP contribution is -2.32. The van der Waals surface area contributed by atoms with E-state index in [-0.39, 0.29) is 11.5 Å². The zero-order valence-corrected chi connectivity index (χ0v) is 17.3. The summed E-state index contributed by atoms with van der Waals surface area (Å²) in [6.45, 7) is 2.16. The Kier molecular flexibility index (Phi) is 6.68. The van der Waals surface area contributed by atoms with E-state index in [2.05, 4.69) is 15.8 Å². The first-order chi connectivity index (χ1) is 14.4. The van der Waals surface area contributed by atoms with Crippen molar-refractivity contribution in [1.82, 2.24) is 5.43 Å². The molecular formula is C20H21N3O6S. The number of hydrogen-bond acceptors (Lipinski definition) is 8. The summed E-state index contributed by atoms with van der Waals surface area (Å²) >= 11 is 1.28. The summed E-state index contributed by atoms with van der Waals surface area (Å²) in [7, 11) is 1.27. The standard InChI is InChI=1S/C20H21N3O6S/c1-3-29-14-9-11(7-8-13(14)24)10-21-23-18(26)17(25)22-19-16(20(27)28-2)12-5-4-6-15(12)30-19/h7-10,24H,3-6H2,1-2H3,(H,22,25)(H,23,26)/b21-10+. The van der Waals surface area contributed by atoms with Crippen molar-refractivity contribution in [2.45, 2.75) is 26.2 Å². The molecule has 1 aromatic carbocycles. The second kappa shape index (κ2) is 9.40. The Morgan fingerprint density at radius 1 is 1.27 bits per heavy atom. The van der Waals surface area contributed by atoms with Gasteiger partial charge in [-0.1, -0.05) is 0 Å². The number of esters is 1. The molecule has 0 spiro atoms. The average molecular weight is 431 g/mol. The van der Waals surface area contributed by atoms with Crippen LogP contribution in [0.15, 0.2) is 23.3 Å². The molecule has 2 aromatic rings. The fourth-order valence-electron chi connectivity index (χ4n) is 3.07. The van der Waals surface area contributed by atoms with Crippen molar-refractivity contribution in [3.63, 3.8) is 0 Å². The molecule has 2 amide bonds. The minimum Gasteiger partial charge on any atom is -0.504 e. The number of anilines is 1. The van der Waals surface area contributed by atoms with E-state index < -0.39 is 17.8 Å². The maximum absolute atomic E-state index is 12.2. The number of phenols is 1. The number of carbonyl (C=O) groups excluding carboxylic acids is 3. The van der Waals surface area contributed by atoms with Crippen molar-refractivity contribution in [3.8, 4) is 11.5 Å². The first kappa shape index (κ1) is 21.3. The molecule has 10 heteroatoms. The molecule has 0 bridgehead atoms. The van der Waals surface area contributed by atoms with Crippen molar-refractivity contribution < 1.29 is 29.0 Å². The molecule has 1 aliphatic carbocycles. The molecule has 0 aliphatic heterocycles. The Morgan fingerprint density at radius 2 is 2.07 bits per heavy atom. The average Bonchev–Trinajstić information content (AvgIpc) is 3.30. The number of ether oxygens (including phenoxy) is 2. The predicted octanol–water partition coefficient (Wildman–Crippen LogP) is 2.22. The molecule has 1 aromatic heterocycles. The Balaban J connectivity index is 1.65. The summed E-state index contributed by atoms with van der Waals surface area (Å²) in [6, 6.07) is 4.55. The highest BCUT2D eigenvalue weighted by atomic mass is 32.1. The Labute approximate surface area is 176 Å². The molecule has 30 heavy (non-hydrogen) atoms. The molecule has 0 saturated heterocycles. The van der Waals surface area contributed by atoms with Gasteiger partial charge >= 0.3 is 17.8 Å². The van der Waals surface area contributed by atoms with Gasteiger partial charge in [0.15, 0.2) is 11.5 Å². The van der Waals surface area contributed by atoms with E-state index in [1.807, 2.05) is 0 Å². The van der Waals surface area contributed by atoms with Gasteiger partial charge in [-0.25, -0.2) is 10.2 Å². The van der Waals surface area contributed by atoms with E-state index in [4.69, 9.17) is 9.47 Å². The van der Waals surface area contributed by atoms with Gasteiger partial charge in [-0.05, 0) is 55.5 Å².